The highest BCUT2D eigenvalue weighted by molar-refractivity contribution is 6.33. The number of aromatic amines is 1. The average Bonchev–Trinajstić information content (AvgIpc) is 2.81. The number of methoxy groups -OCH3 is 1. The molecule has 3 N–H and O–H groups in total. The van der Waals surface area contributed by atoms with E-state index in [2.05, 4.69) is 10.2 Å². The SMILES string of the molecule is COc1cc(Cl)c(-c2cc(N)n[nH]2)cc1OC1CCC1. The predicted octanol–water partition coefficient (Wildman–Crippen LogP) is 3.25. The summed E-state index contributed by atoms with van der Waals surface area (Å²) in [5.41, 5.74) is 7.19. The minimum atomic E-state index is 0.268. The number of nitrogens with one attached hydrogen (secondary N) is 1. The molecule has 0 amide bonds. The molecule has 106 valence electrons. The van der Waals surface area contributed by atoms with Crippen LogP contribution >= 0.6 is 11.6 Å². The molecule has 3 rings (SSSR count). The molecule has 0 aliphatic heterocycles. The van der Waals surface area contributed by atoms with Crippen LogP contribution in [-0.4, -0.2) is 23.4 Å². The smallest absolute Gasteiger partial charge is 0.162 e. The molecule has 1 saturated carbocycles. The third kappa shape index (κ3) is 2.41. The van der Waals surface area contributed by atoms with Crippen LogP contribution in [-0.2, 0) is 0 Å². The molecule has 0 atom stereocenters. The van der Waals surface area contributed by atoms with E-state index in [0.29, 0.717) is 22.3 Å². The summed E-state index contributed by atoms with van der Waals surface area (Å²) in [7, 11) is 1.60. The van der Waals surface area contributed by atoms with Gasteiger partial charge in [-0.25, -0.2) is 0 Å². The first-order valence-corrected chi connectivity index (χ1v) is 6.90. The maximum Gasteiger partial charge on any atom is 0.162 e. The number of hydrogen-bond acceptors (Lipinski definition) is 4. The number of hydrogen-bond donors (Lipinski definition) is 2. The number of nitrogens with zero attached hydrogens (tertiary/aromatic N) is 1. The van der Waals surface area contributed by atoms with Gasteiger partial charge < -0.3 is 15.2 Å². The summed E-state index contributed by atoms with van der Waals surface area (Å²) in [6.07, 6.45) is 3.64. The highest BCUT2D eigenvalue weighted by Gasteiger charge is 2.22. The Bertz CT molecular complexity index is 623. The molecular weight excluding hydrogens is 278 g/mol. The predicted molar refractivity (Wildman–Crippen MR) is 78.3 cm³/mol. The molecule has 5 nitrogen and oxygen atoms in total. The normalized spacial score (nSPS) is 14.9. The molecule has 0 spiro atoms. The molecule has 20 heavy (non-hydrogen) atoms. The van der Waals surface area contributed by atoms with Gasteiger partial charge in [-0.2, -0.15) is 5.10 Å². The van der Waals surface area contributed by atoms with Crippen molar-refractivity contribution in [2.45, 2.75) is 25.4 Å². The zero-order valence-electron chi connectivity index (χ0n) is 11.1. The molecule has 1 heterocycles. The number of ether oxygens (including phenoxy) is 2. The van der Waals surface area contributed by atoms with E-state index in [-0.39, 0.29) is 6.10 Å². The number of aromatic nitrogens is 2. The molecule has 6 heteroatoms. The van der Waals surface area contributed by atoms with E-state index in [4.69, 9.17) is 26.8 Å². The third-order valence-electron chi connectivity index (χ3n) is 3.49. The van der Waals surface area contributed by atoms with Crippen LogP contribution in [0.2, 0.25) is 5.02 Å². The highest BCUT2D eigenvalue weighted by Crippen LogP contribution is 2.40. The van der Waals surface area contributed by atoms with Crippen LogP contribution in [0.1, 0.15) is 19.3 Å². The second-order valence-corrected chi connectivity index (χ2v) is 5.27. The minimum absolute atomic E-state index is 0.268. The first-order chi connectivity index (χ1) is 9.67. The minimum Gasteiger partial charge on any atom is -0.493 e. The largest absolute Gasteiger partial charge is 0.493 e. The molecule has 0 bridgehead atoms. The molecule has 0 unspecified atom stereocenters. The van der Waals surface area contributed by atoms with Crippen LogP contribution in [0.4, 0.5) is 5.82 Å². The van der Waals surface area contributed by atoms with Gasteiger partial charge in [0.2, 0.25) is 0 Å². The molecule has 1 aromatic carbocycles. The highest BCUT2D eigenvalue weighted by atomic mass is 35.5. The van der Waals surface area contributed by atoms with Crippen LogP contribution in [0.15, 0.2) is 18.2 Å². The Balaban J connectivity index is 1.99. The van der Waals surface area contributed by atoms with Gasteiger partial charge in [-0.15, -0.1) is 0 Å². The Labute approximate surface area is 122 Å². The summed E-state index contributed by atoms with van der Waals surface area (Å²) in [6, 6.07) is 5.36. The topological polar surface area (TPSA) is 73.2 Å². The maximum atomic E-state index is 6.28. The summed E-state index contributed by atoms with van der Waals surface area (Å²) >= 11 is 6.28. The summed E-state index contributed by atoms with van der Waals surface area (Å²) < 4.78 is 11.3. The van der Waals surface area contributed by atoms with Crippen molar-refractivity contribution in [3.63, 3.8) is 0 Å². The second-order valence-electron chi connectivity index (χ2n) is 4.86. The lowest BCUT2D eigenvalue weighted by Gasteiger charge is -2.27. The Hall–Kier alpha value is -1.88. The zero-order valence-corrected chi connectivity index (χ0v) is 11.9. The van der Waals surface area contributed by atoms with Gasteiger partial charge in [0.25, 0.3) is 0 Å². The molecule has 0 radical (unpaired) electrons. The number of anilines is 1. The van der Waals surface area contributed by atoms with Gasteiger partial charge in [0.15, 0.2) is 11.5 Å². The van der Waals surface area contributed by atoms with E-state index >= 15 is 0 Å². The van der Waals surface area contributed by atoms with Gasteiger partial charge in [0.05, 0.1) is 23.9 Å². The first kappa shape index (κ1) is 13.1. The molecule has 1 aromatic heterocycles. The van der Waals surface area contributed by atoms with E-state index in [0.717, 1.165) is 24.1 Å². The van der Waals surface area contributed by atoms with Crippen LogP contribution in [0, 0.1) is 0 Å². The van der Waals surface area contributed by atoms with Gasteiger partial charge >= 0.3 is 0 Å². The standard InChI is InChI=1S/C14H16ClN3O2/c1-19-12-6-10(15)9(11-7-14(16)18-17-11)5-13(12)20-8-3-2-4-8/h5-8H,2-4H2,1H3,(H3,16,17,18). The van der Waals surface area contributed by atoms with Crippen LogP contribution < -0.4 is 15.2 Å². The number of nitrogens with two attached hydrogens (primary N) is 1. The van der Waals surface area contributed by atoms with Gasteiger partial charge in [-0.05, 0) is 25.3 Å². The van der Waals surface area contributed by atoms with Crippen molar-refractivity contribution in [1.29, 1.82) is 0 Å². The van der Waals surface area contributed by atoms with Gasteiger partial charge in [-0.1, -0.05) is 11.6 Å². The summed E-state index contributed by atoms with van der Waals surface area (Å²) in [5.74, 6) is 1.76. The van der Waals surface area contributed by atoms with Gasteiger partial charge in [-0.3, -0.25) is 5.10 Å². The number of halogens is 1. The first-order valence-electron chi connectivity index (χ1n) is 6.53. The number of H-pyrrole nitrogens is 1. The maximum absolute atomic E-state index is 6.28. The summed E-state index contributed by atoms with van der Waals surface area (Å²) in [5, 5.41) is 7.33. The Morgan fingerprint density at radius 2 is 2.10 bits per heavy atom. The lowest BCUT2D eigenvalue weighted by atomic mass is 9.96. The molecular formula is C14H16ClN3O2. The van der Waals surface area contributed by atoms with E-state index in [1.54, 1.807) is 19.2 Å². The van der Waals surface area contributed by atoms with Gasteiger partial charge in [0.1, 0.15) is 5.82 Å². The van der Waals surface area contributed by atoms with E-state index < -0.39 is 0 Å². The average molecular weight is 294 g/mol. The molecule has 0 saturated heterocycles. The van der Waals surface area contributed by atoms with Crippen molar-refractivity contribution < 1.29 is 9.47 Å². The van der Waals surface area contributed by atoms with Crippen molar-refractivity contribution in [2.75, 3.05) is 12.8 Å². The quantitative estimate of drug-likeness (QED) is 0.907. The van der Waals surface area contributed by atoms with Crippen molar-refractivity contribution in [1.82, 2.24) is 10.2 Å². The fourth-order valence-electron chi connectivity index (χ4n) is 2.14. The lowest BCUT2D eigenvalue weighted by Crippen LogP contribution is -2.24. The van der Waals surface area contributed by atoms with E-state index in [1.807, 2.05) is 6.07 Å². The van der Waals surface area contributed by atoms with E-state index in [1.165, 1.54) is 6.42 Å². The van der Waals surface area contributed by atoms with Crippen molar-refractivity contribution in [3.8, 4) is 22.8 Å². The van der Waals surface area contributed by atoms with Gasteiger partial charge in [0, 0.05) is 17.7 Å². The zero-order chi connectivity index (χ0) is 14.1. The van der Waals surface area contributed by atoms with Crippen LogP contribution in [0.25, 0.3) is 11.3 Å². The summed E-state index contributed by atoms with van der Waals surface area (Å²) in [6.45, 7) is 0. The van der Waals surface area contributed by atoms with Crippen molar-refractivity contribution in [2.24, 2.45) is 0 Å². The Morgan fingerprint density at radius 3 is 2.65 bits per heavy atom. The third-order valence-corrected chi connectivity index (χ3v) is 3.80. The van der Waals surface area contributed by atoms with Crippen LogP contribution in [0.5, 0.6) is 11.5 Å². The van der Waals surface area contributed by atoms with Crippen molar-refractivity contribution in [3.05, 3.63) is 23.2 Å². The molecule has 1 aliphatic rings. The van der Waals surface area contributed by atoms with E-state index in [9.17, 15) is 0 Å². The lowest BCUT2D eigenvalue weighted by molar-refractivity contribution is 0.116. The second kappa shape index (κ2) is 5.25. The Morgan fingerprint density at radius 1 is 1.30 bits per heavy atom. The number of nitrogen functional groups attached to an aromatic ring is 1. The monoisotopic (exact) mass is 293 g/mol. The fraction of sp³-hybridized carbons (Fsp3) is 0.357. The number of benzene rings is 1. The van der Waals surface area contributed by atoms with Crippen LogP contribution in [0.3, 0.4) is 0 Å². The molecule has 1 fully saturated rings. The Kier molecular flexibility index (Phi) is 3.44. The number of rotatable bonds is 4. The molecule has 1 aliphatic carbocycles. The fourth-order valence-corrected chi connectivity index (χ4v) is 2.39. The summed E-state index contributed by atoms with van der Waals surface area (Å²) in [4.78, 5) is 0. The molecule has 2 aromatic rings. The van der Waals surface area contributed by atoms with Crippen molar-refractivity contribution >= 4 is 17.4 Å².